The van der Waals surface area contributed by atoms with E-state index in [9.17, 15) is 14.4 Å². The highest BCUT2D eigenvalue weighted by Crippen LogP contribution is 2.48. The summed E-state index contributed by atoms with van der Waals surface area (Å²) >= 11 is 25.2. The summed E-state index contributed by atoms with van der Waals surface area (Å²) in [5.41, 5.74) is 14.4. The molecule has 1 amide bonds. The number of halogens is 4. The average Bonchev–Trinajstić information content (AvgIpc) is 4.32. The van der Waals surface area contributed by atoms with E-state index in [1.807, 2.05) is 65.7 Å². The second kappa shape index (κ2) is 19.5. The van der Waals surface area contributed by atoms with Gasteiger partial charge in [-0.2, -0.15) is 14.9 Å². The molecular weight excluding hydrogens is 1030 g/mol. The molecule has 4 aliphatic rings. The Morgan fingerprint density at radius 3 is 1.75 bits per heavy atom. The van der Waals surface area contributed by atoms with Crippen LogP contribution in [0.4, 0.5) is 11.9 Å². The summed E-state index contributed by atoms with van der Waals surface area (Å²) in [6.45, 7) is 1.41. The maximum absolute atomic E-state index is 14.5. The minimum atomic E-state index is -0.698. The fourth-order valence-electron chi connectivity index (χ4n) is 11.3. The predicted molar refractivity (Wildman–Crippen MR) is 292 cm³/mol. The number of anilines is 2. The van der Waals surface area contributed by atoms with E-state index in [4.69, 9.17) is 77.3 Å². The van der Waals surface area contributed by atoms with Gasteiger partial charge >= 0.3 is 11.4 Å². The molecule has 2 aromatic heterocycles. The van der Waals surface area contributed by atoms with Crippen LogP contribution in [0.5, 0.6) is 0 Å². The Morgan fingerprint density at radius 1 is 0.600 bits per heavy atom. The Bertz CT molecular complexity index is 3720. The number of aryl methyl sites for hydroxylation is 2. The largest absolute Gasteiger partial charge is 0.375 e. The van der Waals surface area contributed by atoms with Gasteiger partial charge in [0, 0.05) is 20.1 Å². The summed E-state index contributed by atoms with van der Waals surface area (Å²) in [4.78, 5) is 40.8. The number of ether oxygens (including phenoxy) is 1. The van der Waals surface area contributed by atoms with E-state index < -0.39 is 29.0 Å². The predicted octanol–water partition coefficient (Wildman–Crippen LogP) is 8.97. The van der Waals surface area contributed by atoms with E-state index in [-0.39, 0.29) is 37.9 Å². The van der Waals surface area contributed by atoms with Crippen molar-refractivity contribution in [2.45, 2.75) is 62.8 Å². The van der Waals surface area contributed by atoms with Crippen molar-refractivity contribution in [1.82, 2.24) is 28.7 Å². The van der Waals surface area contributed by atoms with E-state index >= 15 is 0 Å². The normalized spacial score (nSPS) is 18.6. The molecule has 0 bridgehead atoms. The van der Waals surface area contributed by atoms with Crippen LogP contribution in [0, 0.1) is 0 Å². The van der Waals surface area contributed by atoms with Crippen molar-refractivity contribution in [1.29, 1.82) is 0 Å². The maximum Gasteiger partial charge on any atom is 0.352 e. The average molecular weight is 1080 g/mol. The maximum atomic E-state index is 14.5. The molecule has 2 atom stereocenters. The molecule has 0 radical (unpaired) electrons. The molecule has 0 unspecified atom stereocenters. The number of fused-ring (bicyclic) bond motifs is 4. The summed E-state index contributed by atoms with van der Waals surface area (Å²) < 4.78 is 12.0. The van der Waals surface area contributed by atoms with Gasteiger partial charge < -0.3 is 10.5 Å². The molecular formula is C56H47Cl4N11O4. The lowest BCUT2D eigenvalue weighted by atomic mass is 9.75. The van der Waals surface area contributed by atoms with Gasteiger partial charge in [0.1, 0.15) is 6.54 Å². The minimum Gasteiger partial charge on any atom is -0.375 e. The van der Waals surface area contributed by atoms with Gasteiger partial charge in [0.2, 0.25) is 17.8 Å². The van der Waals surface area contributed by atoms with Crippen molar-refractivity contribution >= 4 is 75.6 Å². The van der Waals surface area contributed by atoms with Crippen molar-refractivity contribution in [3.05, 3.63) is 225 Å². The van der Waals surface area contributed by atoms with Crippen LogP contribution in [-0.4, -0.2) is 65.7 Å². The molecule has 2 N–H and O–H groups in total. The fourth-order valence-corrected chi connectivity index (χ4v) is 11.8. The third-order valence-corrected chi connectivity index (χ3v) is 15.9. The van der Waals surface area contributed by atoms with Crippen LogP contribution >= 0.6 is 46.4 Å². The van der Waals surface area contributed by atoms with Crippen LogP contribution in [0.2, 0.25) is 20.1 Å². The van der Waals surface area contributed by atoms with Crippen molar-refractivity contribution in [3.8, 4) is 5.69 Å². The van der Waals surface area contributed by atoms with Gasteiger partial charge in [-0.05, 0) is 131 Å². The zero-order valence-corrected chi connectivity index (χ0v) is 43.3. The molecule has 75 heavy (non-hydrogen) atoms. The number of hydrogen-bond acceptors (Lipinski definition) is 10. The first kappa shape index (κ1) is 48.7. The molecule has 0 saturated carbocycles. The number of carbonyl (C=O) groups is 1. The van der Waals surface area contributed by atoms with Gasteiger partial charge in [0.15, 0.2) is 0 Å². The Hall–Kier alpha value is -7.27. The number of nitrogens with two attached hydrogens (primary N) is 1. The minimum absolute atomic E-state index is 0.176. The van der Waals surface area contributed by atoms with Gasteiger partial charge in [-0.25, -0.2) is 28.9 Å². The number of aromatic nitrogens is 6. The quantitative estimate of drug-likeness (QED) is 0.106. The van der Waals surface area contributed by atoms with Gasteiger partial charge in [-0.15, -0.1) is 10.2 Å². The Kier molecular flexibility index (Phi) is 12.6. The van der Waals surface area contributed by atoms with Crippen LogP contribution in [0.1, 0.15) is 57.3 Å². The zero-order chi connectivity index (χ0) is 51.6. The second-order valence-corrected chi connectivity index (χ2v) is 21.2. The Labute approximate surface area is 450 Å². The molecule has 0 fully saturated rings. The molecule has 8 aromatic rings. The molecule has 12 rings (SSSR count). The first-order valence-corrected chi connectivity index (χ1v) is 26.1. The van der Waals surface area contributed by atoms with Crippen LogP contribution in [0.25, 0.3) is 5.69 Å². The van der Waals surface area contributed by atoms with E-state index in [0.29, 0.717) is 51.2 Å². The van der Waals surface area contributed by atoms with Gasteiger partial charge in [0.05, 0.1) is 67.3 Å². The highest BCUT2D eigenvalue weighted by molar-refractivity contribution is 6.31. The van der Waals surface area contributed by atoms with Crippen LogP contribution in [-0.2, 0) is 59.4 Å². The third kappa shape index (κ3) is 8.85. The van der Waals surface area contributed by atoms with Gasteiger partial charge in [-0.1, -0.05) is 125 Å². The van der Waals surface area contributed by atoms with Crippen LogP contribution in [0.15, 0.2) is 159 Å². The summed E-state index contributed by atoms with van der Waals surface area (Å²) in [7, 11) is 0. The van der Waals surface area contributed by atoms with Crippen molar-refractivity contribution in [2.24, 2.45) is 15.9 Å². The molecule has 6 aromatic carbocycles. The number of carbonyl (C=O) groups excluding carboxylic acids is 1. The molecule has 4 heterocycles. The van der Waals surface area contributed by atoms with E-state index in [1.54, 1.807) is 46.0 Å². The van der Waals surface area contributed by atoms with E-state index in [2.05, 4.69) is 42.5 Å². The zero-order valence-electron chi connectivity index (χ0n) is 40.3. The van der Waals surface area contributed by atoms with Crippen molar-refractivity contribution in [3.63, 3.8) is 0 Å². The Morgan fingerprint density at radius 2 is 1.13 bits per heavy atom. The molecule has 0 saturated heterocycles. The Balaban J connectivity index is 0.825. The number of rotatable bonds is 14. The lowest BCUT2D eigenvalue weighted by molar-refractivity contribution is -0.118. The summed E-state index contributed by atoms with van der Waals surface area (Å²) in [5, 5.41) is 26.1. The topological polar surface area (TPSA) is 163 Å². The monoisotopic (exact) mass is 1080 g/mol. The molecule has 2 aliphatic carbocycles. The number of nitrogens with zero attached hydrogens (tertiary/aromatic N) is 10. The number of hydrogen-bond donors (Lipinski definition) is 1. The van der Waals surface area contributed by atoms with E-state index in [0.717, 1.165) is 64.1 Å². The lowest BCUT2D eigenvalue weighted by Gasteiger charge is -2.27. The standard InChI is InChI=1S/C56H47Cl4N11O4/c57-41-12-5-35(6-13-41)30-68-53(73)66(51(64-68)69-33-55(25-23-37-3-1-2-4-46(37)55)49(62-69)38-8-14-42(58)15-9-38)27-28-75-32-36-7-22-47-40(29-36)24-26-56(47)34-70(63-50(56)39-10-16-43(59)17-11-39)52-65-71(45-20-18-44(60)19-21-45)54(74)67(52)31-48(61)72/h1-22,29H,23-28,30-34H2,(H2,61,72)/t55-,56-/m0/s1. The SMILES string of the molecule is NC(=O)Cn1c(N2C[C@]3(CCc4cc(COCCn5c(N6C[C@]7(CCc8ccccc87)C(c7ccc(Cl)cc7)=N6)nn(Cc6ccc(Cl)cc6)c5=O)ccc43)C(c3ccc(Cl)cc3)=N2)nn(-c2ccc(Cl)cc2)c1=O. The first-order valence-electron chi connectivity index (χ1n) is 24.6. The van der Waals surface area contributed by atoms with Gasteiger partial charge in [-0.3, -0.25) is 9.36 Å². The number of hydrazone groups is 2. The summed E-state index contributed by atoms with van der Waals surface area (Å²) in [6.07, 6.45) is 3.21. The number of benzene rings is 6. The smallest absolute Gasteiger partial charge is 0.352 e. The van der Waals surface area contributed by atoms with Crippen LogP contribution in [0.3, 0.4) is 0 Å². The summed E-state index contributed by atoms with van der Waals surface area (Å²) in [6, 6.07) is 44.3. The molecule has 378 valence electrons. The van der Waals surface area contributed by atoms with E-state index in [1.165, 1.54) is 25.1 Å². The summed E-state index contributed by atoms with van der Waals surface area (Å²) in [5.74, 6) is -0.0914. The fraction of sp³-hybridized carbons (Fsp3) is 0.232. The molecule has 15 nitrogen and oxygen atoms in total. The van der Waals surface area contributed by atoms with Crippen molar-refractivity contribution in [2.75, 3.05) is 29.7 Å². The highest BCUT2D eigenvalue weighted by atomic mass is 35.5. The second-order valence-electron chi connectivity index (χ2n) is 19.4. The number of amides is 1. The first-order chi connectivity index (χ1) is 36.4. The van der Waals surface area contributed by atoms with Crippen LogP contribution < -0.4 is 27.1 Å². The molecule has 2 spiro atoms. The third-order valence-electron chi connectivity index (χ3n) is 14.8. The van der Waals surface area contributed by atoms with Crippen molar-refractivity contribution < 1.29 is 9.53 Å². The molecule has 2 aliphatic heterocycles. The number of primary amides is 1. The molecule has 19 heteroatoms. The highest BCUT2D eigenvalue weighted by Gasteiger charge is 2.51. The van der Waals surface area contributed by atoms with Gasteiger partial charge in [0.25, 0.3) is 0 Å². The lowest BCUT2D eigenvalue weighted by Crippen LogP contribution is -2.38.